The zero-order chi connectivity index (χ0) is 18.1. The van der Waals surface area contributed by atoms with Crippen LogP contribution in [0.4, 0.5) is 0 Å². The van der Waals surface area contributed by atoms with Crippen molar-refractivity contribution in [1.29, 1.82) is 0 Å². The largest absolute Gasteiger partial charge is 0.497 e. The Labute approximate surface area is 151 Å². The van der Waals surface area contributed by atoms with Crippen LogP contribution in [0.1, 0.15) is 30.1 Å². The van der Waals surface area contributed by atoms with E-state index < -0.39 is 5.97 Å². The van der Waals surface area contributed by atoms with Crippen molar-refractivity contribution in [2.45, 2.75) is 18.9 Å². The van der Waals surface area contributed by atoms with Gasteiger partial charge in [0.25, 0.3) is 0 Å². The summed E-state index contributed by atoms with van der Waals surface area (Å²) < 4.78 is 27.7. The molecule has 2 atom stereocenters. The third-order valence-corrected chi connectivity index (χ3v) is 4.61. The first kappa shape index (κ1) is 16.6. The van der Waals surface area contributed by atoms with Gasteiger partial charge in [-0.3, -0.25) is 0 Å². The lowest BCUT2D eigenvalue weighted by Crippen LogP contribution is -2.23. The molecule has 0 saturated heterocycles. The lowest BCUT2D eigenvalue weighted by Gasteiger charge is -2.28. The molecule has 2 aromatic carbocycles. The Kier molecular flexibility index (Phi) is 4.32. The third-order valence-electron chi connectivity index (χ3n) is 4.61. The standard InChI is InChI=1S/C20H20O6/c1-3-23-19(21)11-24-13-5-7-15-17(9-13)25-10-16-14-6-4-12(22-2)8-18(14)26-20(15)16/h4-9,16,20H,3,10-11H2,1-2H3/t16-,20-/m1/s1. The molecule has 2 aliphatic heterocycles. The molecule has 2 aliphatic rings. The van der Waals surface area contributed by atoms with Crippen molar-refractivity contribution in [2.75, 3.05) is 26.9 Å². The van der Waals surface area contributed by atoms with Crippen molar-refractivity contribution in [1.82, 2.24) is 0 Å². The molecule has 0 aromatic heterocycles. The number of hydrogen-bond acceptors (Lipinski definition) is 6. The van der Waals surface area contributed by atoms with Gasteiger partial charge in [0.15, 0.2) is 6.61 Å². The quantitative estimate of drug-likeness (QED) is 0.767. The summed E-state index contributed by atoms with van der Waals surface area (Å²) in [4.78, 5) is 11.4. The van der Waals surface area contributed by atoms with Crippen LogP contribution in [-0.4, -0.2) is 32.9 Å². The molecule has 0 bridgehead atoms. The molecule has 0 fully saturated rings. The van der Waals surface area contributed by atoms with E-state index in [2.05, 4.69) is 0 Å². The third kappa shape index (κ3) is 2.92. The summed E-state index contributed by atoms with van der Waals surface area (Å²) in [7, 11) is 1.64. The molecule has 0 saturated carbocycles. The van der Waals surface area contributed by atoms with Crippen molar-refractivity contribution in [3.8, 4) is 23.0 Å². The van der Waals surface area contributed by atoms with Crippen molar-refractivity contribution in [3.05, 3.63) is 47.5 Å². The Morgan fingerprint density at radius 2 is 1.88 bits per heavy atom. The number of benzene rings is 2. The van der Waals surface area contributed by atoms with Gasteiger partial charge in [0.05, 0.1) is 26.2 Å². The Balaban J connectivity index is 1.53. The predicted molar refractivity (Wildman–Crippen MR) is 93.2 cm³/mol. The fourth-order valence-corrected chi connectivity index (χ4v) is 3.38. The highest BCUT2D eigenvalue weighted by Crippen LogP contribution is 2.52. The van der Waals surface area contributed by atoms with Crippen LogP contribution >= 0.6 is 0 Å². The summed E-state index contributed by atoms with van der Waals surface area (Å²) in [5, 5.41) is 0. The maximum atomic E-state index is 11.4. The Hall–Kier alpha value is -2.89. The summed E-state index contributed by atoms with van der Waals surface area (Å²) >= 11 is 0. The molecule has 2 heterocycles. The van der Waals surface area contributed by atoms with Gasteiger partial charge in [-0.25, -0.2) is 4.79 Å². The minimum absolute atomic E-state index is 0.0973. The van der Waals surface area contributed by atoms with Gasteiger partial charge in [-0.2, -0.15) is 0 Å². The molecule has 0 unspecified atom stereocenters. The average molecular weight is 356 g/mol. The molecule has 0 aliphatic carbocycles. The van der Waals surface area contributed by atoms with E-state index in [0.717, 1.165) is 22.6 Å². The molecular formula is C20H20O6. The van der Waals surface area contributed by atoms with Gasteiger partial charge in [0, 0.05) is 23.3 Å². The number of ether oxygens (including phenoxy) is 5. The van der Waals surface area contributed by atoms with E-state index in [1.807, 2.05) is 30.3 Å². The normalized spacial score (nSPS) is 19.3. The van der Waals surface area contributed by atoms with E-state index in [4.69, 9.17) is 23.7 Å². The number of carbonyl (C=O) groups excluding carboxylic acids is 1. The summed E-state index contributed by atoms with van der Waals surface area (Å²) in [6.45, 7) is 2.50. The van der Waals surface area contributed by atoms with Gasteiger partial charge < -0.3 is 23.7 Å². The highest BCUT2D eigenvalue weighted by molar-refractivity contribution is 5.71. The van der Waals surface area contributed by atoms with Crippen LogP contribution in [-0.2, 0) is 9.53 Å². The second kappa shape index (κ2) is 6.78. The molecular weight excluding hydrogens is 336 g/mol. The second-order valence-electron chi connectivity index (χ2n) is 6.15. The molecule has 0 spiro atoms. The van der Waals surface area contributed by atoms with Gasteiger partial charge in [0.2, 0.25) is 0 Å². The number of carbonyl (C=O) groups is 1. The van der Waals surface area contributed by atoms with Crippen molar-refractivity contribution in [2.24, 2.45) is 0 Å². The number of rotatable bonds is 5. The first-order chi connectivity index (χ1) is 12.7. The summed E-state index contributed by atoms with van der Waals surface area (Å²) in [6, 6.07) is 11.4. The van der Waals surface area contributed by atoms with Crippen LogP contribution in [0.15, 0.2) is 36.4 Å². The number of esters is 1. The SMILES string of the molecule is CCOC(=O)COc1ccc2c(c1)OC[C@@H]1c3ccc(OC)cc3O[C@H]21. The maximum Gasteiger partial charge on any atom is 0.344 e. The van der Waals surface area contributed by atoms with E-state index >= 15 is 0 Å². The van der Waals surface area contributed by atoms with Crippen LogP contribution in [0.5, 0.6) is 23.0 Å². The monoisotopic (exact) mass is 356 g/mol. The Morgan fingerprint density at radius 1 is 1.12 bits per heavy atom. The molecule has 4 rings (SSSR count). The van der Waals surface area contributed by atoms with Crippen molar-refractivity contribution in [3.63, 3.8) is 0 Å². The zero-order valence-electron chi connectivity index (χ0n) is 14.7. The first-order valence-electron chi connectivity index (χ1n) is 8.59. The summed E-state index contributed by atoms with van der Waals surface area (Å²) in [5.74, 6) is 2.63. The molecule has 0 radical (unpaired) electrons. The van der Waals surface area contributed by atoms with Crippen LogP contribution in [0.25, 0.3) is 0 Å². The van der Waals surface area contributed by atoms with Crippen LogP contribution < -0.4 is 18.9 Å². The lowest BCUT2D eigenvalue weighted by molar-refractivity contribution is -0.145. The molecule has 2 aromatic rings. The molecule has 6 heteroatoms. The number of hydrogen-bond donors (Lipinski definition) is 0. The first-order valence-corrected chi connectivity index (χ1v) is 8.59. The van der Waals surface area contributed by atoms with Gasteiger partial charge in [-0.05, 0) is 25.1 Å². The summed E-state index contributed by atoms with van der Waals surface area (Å²) in [6.07, 6.45) is -0.0973. The topological polar surface area (TPSA) is 63.2 Å². The second-order valence-corrected chi connectivity index (χ2v) is 6.15. The average Bonchev–Trinajstić information content (AvgIpc) is 3.04. The van der Waals surface area contributed by atoms with Gasteiger partial charge in [0.1, 0.15) is 29.1 Å². The minimum Gasteiger partial charge on any atom is -0.497 e. The number of methoxy groups -OCH3 is 1. The zero-order valence-corrected chi connectivity index (χ0v) is 14.7. The van der Waals surface area contributed by atoms with E-state index in [1.165, 1.54) is 0 Å². The van der Waals surface area contributed by atoms with Gasteiger partial charge in [-0.1, -0.05) is 6.07 Å². The van der Waals surface area contributed by atoms with Gasteiger partial charge in [-0.15, -0.1) is 0 Å². The van der Waals surface area contributed by atoms with E-state index in [0.29, 0.717) is 24.7 Å². The smallest absolute Gasteiger partial charge is 0.344 e. The van der Waals surface area contributed by atoms with E-state index in [-0.39, 0.29) is 18.6 Å². The maximum absolute atomic E-state index is 11.4. The Morgan fingerprint density at radius 3 is 2.69 bits per heavy atom. The predicted octanol–water partition coefficient (Wildman–Crippen LogP) is 3.25. The van der Waals surface area contributed by atoms with Crippen molar-refractivity contribution < 1.29 is 28.5 Å². The van der Waals surface area contributed by atoms with Crippen LogP contribution in [0.3, 0.4) is 0 Å². The lowest BCUT2D eigenvalue weighted by atomic mass is 9.89. The van der Waals surface area contributed by atoms with E-state index in [9.17, 15) is 4.79 Å². The molecule has 6 nitrogen and oxygen atoms in total. The molecule has 0 amide bonds. The van der Waals surface area contributed by atoms with E-state index in [1.54, 1.807) is 20.1 Å². The fraction of sp³-hybridized carbons (Fsp3) is 0.350. The molecule has 26 heavy (non-hydrogen) atoms. The number of fused-ring (bicyclic) bond motifs is 5. The molecule has 136 valence electrons. The fourth-order valence-electron chi connectivity index (χ4n) is 3.38. The highest BCUT2D eigenvalue weighted by Gasteiger charge is 2.40. The highest BCUT2D eigenvalue weighted by atomic mass is 16.6. The minimum atomic E-state index is -0.394. The van der Waals surface area contributed by atoms with Gasteiger partial charge >= 0.3 is 5.97 Å². The van der Waals surface area contributed by atoms with Crippen LogP contribution in [0.2, 0.25) is 0 Å². The van der Waals surface area contributed by atoms with Crippen molar-refractivity contribution >= 4 is 5.97 Å². The summed E-state index contributed by atoms with van der Waals surface area (Å²) in [5.41, 5.74) is 2.10. The van der Waals surface area contributed by atoms with Crippen LogP contribution in [0, 0.1) is 0 Å². The Bertz CT molecular complexity index is 831. The molecule has 0 N–H and O–H groups in total.